The summed E-state index contributed by atoms with van der Waals surface area (Å²) in [4.78, 5) is 22.9. The van der Waals surface area contributed by atoms with Gasteiger partial charge in [-0.2, -0.15) is 0 Å². The topological polar surface area (TPSA) is 84.9 Å². The number of esters is 1. The zero-order chi connectivity index (χ0) is 15.1. The van der Waals surface area contributed by atoms with Crippen molar-refractivity contribution in [2.75, 3.05) is 13.2 Å². The monoisotopic (exact) mass is 275 g/mol. The lowest BCUT2D eigenvalue weighted by molar-refractivity contribution is -0.146. The Morgan fingerprint density at radius 1 is 1.21 bits per heavy atom. The van der Waals surface area contributed by atoms with Crippen molar-refractivity contribution in [1.82, 2.24) is 5.32 Å². The molecular weight excluding hydrogens is 250 g/mol. The summed E-state index contributed by atoms with van der Waals surface area (Å²) < 4.78 is 10.1. The summed E-state index contributed by atoms with van der Waals surface area (Å²) in [5.41, 5.74) is -1.68. The van der Waals surface area contributed by atoms with Crippen LogP contribution in [-0.4, -0.2) is 41.5 Å². The maximum absolute atomic E-state index is 11.6. The molecule has 0 bridgehead atoms. The van der Waals surface area contributed by atoms with Crippen LogP contribution in [0, 0.1) is 0 Å². The second kappa shape index (κ2) is 7.33. The molecule has 0 fully saturated rings. The van der Waals surface area contributed by atoms with E-state index in [4.69, 9.17) is 9.47 Å². The highest BCUT2D eigenvalue weighted by atomic mass is 16.6. The molecule has 0 aliphatic carbocycles. The predicted octanol–water partition coefficient (Wildman–Crippen LogP) is 1.61. The number of carbonyl (C=O) groups excluding carboxylic acids is 2. The Kier molecular flexibility index (Phi) is 6.83. The highest BCUT2D eigenvalue weighted by molar-refractivity contribution is 5.70. The largest absolute Gasteiger partial charge is 0.463 e. The molecule has 0 unspecified atom stereocenters. The summed E-state index contributed by atoms with van der Waals surface area (Å²) in [6.45, 7) is 8.22. The first kappa shape index (κ1) is 17.7. The number of hydrogen-bond acceptors (Lipinski definition) is 5. The molecule has 0 aliphatic rings. The van der Waals surface area contributed by atoms with E-state index in [1.807, 2.05) is 6.92 Å². The van der Waals surface area contributed by atoms with Crippen LogP contribution in [0.5, 0.6) is 0 Å². The first-order valence-electron chi connectivity index (χ1n) is 6.39. The van der Waals surface area contributed by atoms with Gasteiger partial charge in [-0.3, -0.25) is 4.79 Å². The first-order valence-corrected chi connectivity index (χ1v) is 6.39. The number of alkyl carbamates (subject to hydrolysis) is 1. The van der Waals surface area contributed by atoms with Crippen molar-refractivity contribution in [1.29, 1.82) is 0 Å². The van der Waals surface area contributed by atoms with Gasteiger partial charge in [-0.05, 0) is 34.1 Å². The molecule has 19 heavy (non-hydrogen) atoms. The van der Waals surface area contributed by atoms with E-state index in [1.54, 1.807) is 27.7 Å². The van der Waals surface area contributed by atoms with Crippen molar-refractivity contribution in [2.45, 2.75) is 58.6 Å². The van der Waals surface area contributed by atoms with E-state index < -0.39 is 17.2 Å². The molecule has 0 saturated heterocycles. The van der Waals surface area contributed by atoms with Crippen LogP contribution < -0.4 is 5.32 Å². The fourth-order valence-corrected chi connectivity index (χ4v) is 1.19. The third-order valence-electron chi connectivity index (χ3n) is 2.16. The second-order valence-electron chi connectivity index (χ2n) is 5.76. The lowest BCUT2D eigenvalue weighted by Gasteiger charge is -2.29. The normalized spacial score (nSPS) is 14.4. The van der Waals surface area contributed by atoms with Gasteiger partial charge in [-0.25, -0.2) is 4.79 Å². The van der Waals surface area contributed by atoms with Crippen molar-refractivity contribution in [3.8, 4) is 0 Å². The minimum atomic E-state index is -1.05. The summed E-state index contributed by atoms with van der Waals surface area (Å²) >= 11 is 0. The van der Waals surface area contributed by atoms with Gasteiger partial charge in [0.2, 0.25) is 0 Å². The standard InChI is InChI=1S/C13H25NO5/c1-6-7-10(16)18-9-13(5,8-15)14-11(17)19-12(2,3)4/h15H,6-9H2,1-5H3,(H,14,17)/t13-/m1/s1. The van der Waals surface area contributed by atoms with Gasteiger partial charge in [0.05, 0.1) is 12.1 Å². The number of amides is 1. The smallest absolute Gasteiger partial charge is 0.408 e. The number of hydrogen-bond donors (Lipinski definition) is 2. The van der Waals surface area contributed by atoms with Crippen molar-refractivity contribution in [3.05, 3.63) is 0 Å². The Morgan fingerprint density at radius 3 is 2.21 bits per heavy atom. The highest BCUT2D eigenvalue weighted by Gasteiger charge is 2.30. The number of aliphatic hydroxyl groups excluding tert-OH is 1. The Hall–Kier alpha value is -1.30. The summed E-state index contributed by atoms with van der Waals surface area (Å²) in [5, 5.41) is 11.8. The molecule has 0 saturated carbocycles. The van der Waals surface area contributed by atoms with E-state index >= 15 is 0 Å². The van der Waals surface area contributed by atoms with E-state index in [0.717, 1.165) is 0 Å². The van der Waals surface area contributed by atoms with Gasteiger partial charge < -0.3 is 19.9 Å². The molecule has 112 valence electrons. The predicted molar refractivity (Wildman–Crippen MR) is 70.7 cm³/mol. The van der Waals surface area contributed by atoms with Gasteiger partial charge in [0.15, 0.2) is 0 Å². The molecule has 6 heteroatoms. The highest BCUT2D eigenvalue weighted by Crippen LogP contribution is 2.10. The van der Waals surface area contributed by atoms with Crippen molar-refractivity contribution < 1.29 is 24.2 Å². The van der Waals surface area contributed by atoms with Gasteiger partial charge in [0.1, 0.15) is 12.2 Å². The number of aliphatic hydroxyl groups is 1. The van der Waals surface area contributed by atoms with E-state index in [2.05, 4.69) is 5.32 Å². The van der Waals surface area contributed by atoms with Gasteiger partial charge in [0.25, 0.3) is 0 Å². The van der Waals surface area contributed by atoms with E-state index in [1.165, 1.54) is 0 Å². The van der Waals surface area contributed by atoms with E-state index in [0.29, 0.717) is 12.8 Å². The Morgan fingerprint density at radius 2 is 1.79 bits per heavy atom. The fourth-order valence-electron chi connectivity index (χ4n) is 1.19. The van der Waals surface area contributed by atoms with Gasteiger partial charge in [-0.1, -0.05) is 6.92 Å². The SMILES string of the molecule is CCCC(=O)OC[C@@](C)(CO)NC(=O)OC(C)(C)C. The maximum Gasteiger partial charge on any atom is 0.408 e. The molecule has 1 amide bonds. The average Bonchev–Trinajstić information content (AvgIpc) is 2.24. The van der Waals surface area contributed by atoms with Crippen LogP contribution in [0.25, 0.3) is 0 Å². The molecule has 0 radical (unpaired) electrons. The molecule has 0 spiro atoms. The lowest BCUT2D eigenvalue weighted by Crippen LogP contribution is -2.53. The summed E-state index contributed by atoms with van der Waals surface area (Å²) in [7, 11) is 0. The summed E-state index contributed by atoms with van der Waals surface area (Å²) in [6.07, 6.45) is 0.345. The zero-order valence-corrected chi connectivity index (χ0v) is 12.4. The van der Waals surface area contributed by atoms with Gasteiger partial charge in [-0.15, -0.1) is 0 Å². The molecule has 1 atom stereocenters. The number of rotatable bonds is 6. The maximum atomic E-state index is 11.6. The molecule has 0 heterocycles. The third-order valence-corrected chi connectivity index (χ3v) is 2.16. The third kappa shape index (κ3) is 8.42. The van der Waals surface area contributed by atoms with Crippen molar-refractivity contribution in [2.24, 2.45) is 0 Å². The minimum Gasteiger partial charge on any atom is -0.463 e. The second-order valence-corrected chi connectivity index (χ2v) is 5.76. The van der Waals surface area contributed by atoms with Crippen LogP contribution in [-0.2, 0) is 14.3 Å². The van der Waals surface area contributed by atoms with Crippen LogP contribution in [0.2, 0.25) is 0 Å². The van der Waals surface area contributed by atoms with Gasteiger partial charge >= 0.3 is 12.1 Å². The number of nitrogens with one attached hydrogen (secondary N) is 1. The average molecular weight is 275 g/mol. The molecule has 6 nitrogen and oxygen atoms in total. The van der Waals surface area contributed by atoms with Crippen LogP contribution in [0.3, 0.4) is 0 Å². The molecule has 0 aliphatic heterocycles. The molecular formula is C13H25NO5. The van der Waals surface area contributed by atoms with Gasteiger partial charge in [0, 0.05) is 6.42 Å². The minimum absolute atomic E-state index is 0.0957. The van der Waals surface area contributed by atoms with E-state index in [-0.39, 0.29) is 19.2 Å². The molecule has 0 rings (SSSR count). The summed E-state index contributed by atoms with van der Waals surface area (Å²) in [5.74, 6) is -0.354. The molecule has 0 aromatic heterocycles. The van der Waals surface area contributed by atoms with Crippen molar-refractivity contribution in [3.63, 3.8) is 0 Å². The summed E-state index contributed by atoms with van der Waals surface area (Å²) in [6, 6.07) is 0. The Labute approximate surface area is 114 Å². The molecule has 0 aromatic rings. The fraction of sp³-hybridized carbons (Fsp3) is 0.846. The molecule has 0 aromatic carbocycles. The van der Waals surface area contributed by atoms with Crippen LogP contribution in [0.1, 0.15) is 47.5 Å². The Balaban J connectivity index is 4.36. The van der Waals surface area contributed by atoms with Crippen LogP contribution >= 0.6 is 0 Å². The first-order chi connectivity index (χ1) is 8.62. The quantitative estimate of drug-likeness (QED) is 0.719. The number of carbonyl (C=O) groups is 2. The van der Waals surface area contributed by atoms with E-state index in [9.17, 15) is 14.7 Å². The van der Waals surface area contributed by atoms with Crippen LogP contribution in [0.4, 0.5) is 4.79 Å². The lowest BCUT2D eigenvalue weighted by atomic mass is 10.1. The van der Waals surface area contributed by atoms with Crippen LogP contribution in [0.15, 0.2) is 0 Å². The number of ether oxygens (including phenoxy) is 2. The molecule has 2 N–H and O–H groups in total. The zero-order valence-electron chi connectivity index (χ0n) is 12.4. The Bertz CT molecular complexity index is 311. The van der Waals surface area contributed by atoms with Crippen molar-refractivity contribution >= 4 is 12.1 Å².